The van der Waals surface area contributed by atoms with Gasteiger partial charge in [-0.2, -0.15) is 0 Å². The van der Waals surface area contributed by atoms with Crippen LogP contribution in [0, 0.1) is 6.92 Å². The lowest BCUT2D eigenvalue weighted by Gasteiger charge is -2.13. The third-order valence-electron chi connectivity index (χ3n) is 6.19. The van der Waals surface area contributed by atoms with Crippen LogP contribution < -0.4 is 5.32 Å². The number of nitrogens with zero attached hydrogens (tertiary/aromatic N) is 4. The first-order valence-corrected chi connectivity index (χ1v) is 15.0. The van der Waals surface area contributed by atoms with Gasteiger partial charge in [0.25, 0.3) is 0 Å². The maximum Gasteiger partial charge on any atom is 0.234 e. The average molecular weight is 556 g/mol. The monoisotopic (exact) mass is 555 g/mol. The van der Waals surface area contributed by atoms with Gasteiger partial charge in [-0.05, 0) is 68.8 Å². The van der Waals surface area contributed by atoms with Crippen LogP contribution in [0.4, 0.5) is 5.69 Å². The van der Waals surface area contributed by atoms with Crippen molar-refractivity contribution in [3.05, 3.63) is 77.7 Å². The SMILES string of the molecule is Cc1ccc2nc(-c3ccc(NC(=O)CSc4nnc(-c5csc6ccccc56)n4C(C)C)cc3)sc2c1. The summed E-state index contributed by atoms with van der Waals surface area (Å²) in [5.74, 6) is 0.994. The minimum atomic E-state index is -0.0842. The number of thioether (sulfide) groups is 1. The molecule has 0 spiro atoms. The summed E-state index contributed by atoms with van der Waals surface area (Å²) in [6.45, 7) is 6.31. The third-order valence-corrected chi connectivity index (χ3v) is 9.17. The number of amides is 1. The van der Waals surface area contributed by atoms with E-state index in [0.29, 0.717) is 0 Å². The molecule has 6 rings (SSSR count). The summed E-state index contributed by atoms with van der Waals surface area (Å²) in [5, 5.41) is 17.0. The van der Waals surface area contributed by atoms with E-state index in [9.17, 15) is 4.79 Å². The van der Waals surface area contributed by atoms with Crippen molar-refractivity contribution in [3.8, 4) is 22.0 Å². The highest BCUT2D eigenvalue weighted by Crippen LogP contribution is 2.36. The molecule has 0 saturated carbocycles. The molecule has 0 radical (unpaired) electrons. The second-order valence-electron chi connectivity index (χ2n) is 9.32. The maximum absolute atomic E-state index is 12.8. The van der Waals surface area contributed by atoms with E-state index in [-0.39, 0.29) is 17.7 Å². The second kappa shape index (κ2) is 10.3. The Bertz CT molecular complexity index is 1760. The summed E-state index contributed by atoms with van der Waals surface area (Å²) in [6, 6.07) is 22.6. The topological polar surface area (TPSA) is 72.7 Å². The van der Waals surface area contributed by atoms with Gasteiger partial charge in [-0.1, -0.05) is 36.0 Å². The quantitative estimate of drug-likeness (QED) is 0.202. The van der Waals surface area contributed by atoms with Crippen molar-refractivity contribution in [1.29, 1.82) is 0 Å². The number of aryl methyl sites for hydroxylation is 1. The molecule has 0 unspecified atom stereocenters. The molecular formula is C29H25N5OS3. The number of fused-ring (bicyclic) bond motifs is 2. The van der Waals surface area contributed by atoms with E-state index in [0.717, 1.165) is 38.3 Å². The van der Waals surface area contributed by atoms with E-state index in [2.05, 4.69) is 76.6 Å². The van der Waals surface area contributed by atoms with E-state index in [1.165, 1.54) is 32.1 Å². The maximum atomic E-state index is 12.8. The Morgan fingerprint density at radius 3 is 2.66 bits per heavy atom. The van der Waals surface area contributed by atoms with Crippen LogP contribution in [0.5, 0.6) is 0 Å². The van der Waals surface area contributed by atoms with Crippen LogP contribution in [0.25, 0.3) is 42.3 Å². The van der Waals surface area contributed by atoms with Gasteiger partial charge in [-0.15, -0.1) is 32.9 Å². The Morgan fingerprint density at radius 2 is 1.84 bits per heavy atom. The van der Waals surface area contributed by atoms with Crippen LogP contribution in [-0.2, 0) is 4.79 Å². The van der Waals surface area contributed by atoms with Crippen molar-refractivity contribution in [2.75, 3.05) is 11.1 Å². The fourth-order valence-corrected chi connectivity index (χ4v) is 7.23. The molecule has 6 aromatic rings. The fraction of sp³-hybridized carbons (Fsp3) is 0.172. The first-order chi connectivity index (χ1) is 18.5. The Hall–Kier alpha value is -3.53. The van der Waals surface area contributed by atoms with Crippen LogP contribution in [0.3, 0.4) is 0 Å². The number of anilines is 1. The minimum Gasteiger partial charge on any atom is -0.325 e. The first kappa shape index (κ1) is 24.8. The van der Waals surface area contributed by atoms with Crippen molar-refractivity contribution >= 4 is 66.3 Å². The van der Waals surface area contributed by atoms with Gasteiger partial charge < -0.3 is 5.32 Å². The summed E-state index contributed by atoms with van der Waals surface area (Å²) in [7, 11) is 0. The van der Waals surface area contributed by atoms with Gasteiger partial charge in [0.1, 0.15) is 5.01 Å². The Labute approximate surface area is 232 Å². The normalized spacial score (nSPS) is 11.6. The van der Waals surface area contributed by atoms with Gasteiger partial charge in [-0.25, -0.2) is 4.98 Å². The van der Waals surface area contributed by atoms with E-state index < -0.39 is 0 Å². The number of benzene rings is 3. The number of hydrogen-bond donors (Lipinski definition) is 1. The number of rotatable bonds is 7. The zero-order valence-electron chi connectivity index (χ0n) is 21.1. The number of hydrogen-bond acceptors (Lipinski definition) is 7. The zero-order valence-corrected chi connectivity index (χ0v) is 23.6. The molecule has 3 heterocycles. The lowest BCUT2D eigenvalue weighted by atomic mass is 10.1. The molecule has 0 fully saturated rings. The number of thiazole rings is 1. The molecule has 1 amide bonds. The van der Waals surface area contributed by atoms with Crippen molar-refractivity contribution < 1.29 is 4.79 Å². The fourth-order valence-electron chi connectivity index (χ4n) is 4.35. The van der Waals surface area contributed by atoms with E-state index >= 15 is 0 Å². The standard InChI is InChI=1S/C29H25N5OS3/c1-17(2)34-27(22-15-36-24-7-5-4-6-21(22)24)32-33-29(34)37-16-26(35)30-20-11-9-19(10-12-20)28-31-23-13-8-18(3)14-25(23)38-28/h4-15,17H,16H2,1-3H3,(H,30,35). The molecule has 9 heteroatoms. The van der Waals surface area contributed by atoms with Crippen molar-refractivity contribution in [2.45, 2.75) is 32.0 Å². The third kappa shape index (κ3) is 4.84. The summed E-state index contributed by atoms with van der Waals surface area (Å²) in [4.78, 5) is 17.5. The number of carbonyl (C=O) groups excluding carboxylic acids is 1. The zero-order chi connectivity index (χ0) is 26.2. The molecule has 190 valence electrons. The van der Waals surface area contributed by atoms with Gasteiger partial charge in [0.15, 0.2) is 11.0 Å². The molecule has 0 aliphatic carbocycles. The average Bonchev–Trinajstić information content (AvgIpc) is 3.64. The second-order valence-corrected chi connectivity index (χ2v) is 12.2. The van der Waals surface area contributed by atoms with Crippen LogP contribution in [0.2, 0.25) is 0 Å². The Kier molecular flexibility index (Phi) is 6.73. The van der Waals surface area contributed by atoms with Crippen LogP contribution in [0.1, 0.15) is 25.5 Å². The van der Waals surface area contributed by atoms with Gasteiger partial charge in [0, 0.05) is 38.3 Å². The predicted molar refractivity (Wildman–Crippen MR) is 160 cm³/mol. The summed E-state index contributed by atoms with van der Waals surface area (Å²) in [6.07, 6.45) is 0. The summed E-state index contributed by atoms with van der Waals surface area (Å²) in [5.41, 5.74) is 5.11. The van der Waals surface area contributed by atoms with Crippen LogP contribution >= 0.6 is 34.4 Å². The summed E-state index contributed by atoms with van der Waals surface area (Å²) >= 11 is 4.78. The molecule has 0 saturated heterocycles. The number of thiophene rings is 1. The van der Waals surface area contributed by atoms with Gasteiger partial charge in [0.05, 0.1) is 16.0 Å². The van der Waals surface area contributed by atoms with Gasteiger partial charge in [-0.3, -0.25) is 9.36 Å². The minimum absolute atomic E-state index is 0.0842. The van der Waals surface area contributed by atoms with Crippen molar-refractivity contribution in [3.63, 3.8) is 0 Å². The molecule has 0 atom stereocenters. The highest BCUT2D eigenvalue weighted by molar-refractivity contribution is 7.99. The first-order valence-electron chi connectivity index (χ1n) is 12.3. The van der Waals surface area contributed by atoms with Crippen molar-refractivity contribution in [2.24, 2.45) is 0 Å². The number of carbonyl (C=O) groups is 1. The Morgan fingerprint density at radius 1 is 1.03 bits per heavy atom. The molecule has 0 bridgehead atoms. The van der Waals surface area contributed by atoms with E-state index in [1.54, 1.807) is 22.7 Å². The molecule has 3 aromatic heterocycles. The molecular weight excluding hydrogens is 531 g/mol. The van der Waals surface area contributed by atoms with E-state index in [1.807, 2.05) is 36.4 Å². The number of aromatic nitrogens is 4. The van der Waals surface area contributed by atoms with Crippen LogP contribution in [-0.4, -0.2) is 31.4 Å². The highest BCUT2D eigenvalue weighted by Gasteiger charge is 2.20. The van der Waals surface area contributed by atoms with Gasteiger partial charge >= 0.3 is 0 Å². The molecule has 0 aliphatic rings. The lowest BCUT2D eigenvalue weighted by molar-refractivity contribution is -0.113. The summed E-state index contributed by atoms with van der Waals surface area (Å²) < 4.78 is 4.51. The largest absolute Gasteiger partial charge is 0.325 e. The molecule has 3 aromatic carbocycles. The molecule has 6 nitrogen and oxygen atoms in total. The lowest BCUT2D eigenvalue weighted by Crippen LogP contribution is -2.15. The highest BCUT2D eigenvalue weighted by atomic mass is 32.2. The molecule has 0 aliphatic heterocycles. The molecule has 38 heavy (non-hydrogen) atoms. The predicted octanol–water partition coefficient (Wildman–Crippen LogP) is 8.06. The van der Waals surface area contributed by atoms with E-state index in [4.69, 9.17) is 4.98 Å². The molecule has 1 N–H and O–H groups in total. The number of nitrogens with one attached hydrogen (secondary N) is 1. The van der Waals surface area contributed by atoms with Crippen molar-refractivity contribution in [1.82, 2.24) is 19.7 Å². The smallest absolute Gasteiger partial charge is 0.234 e. The van der Waals surface area contributed by atoms with Crippen LogP contribution in [0.15, 0.2) is 77.3 Å². The Balaban J connectivity index is 1.14. The van der Waals surface area contributed by atoms with Gasteiger partial charge in [0.2, 0.25) is 5.91 Å².